The fourth-order valence-corrected chi connectivity index (χ4v) is 4.40. The van der Waals surface area contributed by atoms with Gasteiger partial charge in [0.2, 0.25) is 5.91 Å². The summed E-state index contributed by atoms with van der Waals surface area (Å²) in [6.45, 7) is 6.51. The summed E-state index contributed by atoms with van der Waals surface area (Å²) in [4.78, 5) is 33.4. The van der Waals surface area contributed by atoms with Crippen LogP contribution in [-0.2, 0) is 4.79 Å². The van der Waals surface area contributed by atoms with Crippen molar-refractivity contribution in [2.24, 2.45) is 0 Å². The number of nitrogens with zero attached hydrogens (tertiary/aromatic N) is 6. The number of likely N-dealkylation sites (tertiary alicyclic amines) is 1. The number of aromatic nitrogens is 4. The fourth-order valence-electron chi connectivity index (χ4n) is 4.27. The van der Waals surface area contributed by atoms with Gasteiger partial charge < -0.3 is 15.1 Å². The maximum Gasteiger partial charge on any atom is 0.246 e. The van der Waals surface area contributed by atoms with Crippen LogP contribution in [0, 0.1) is 12.7 Å². The van der Waals surface area contributed by atoms with Gasteiger partial charge >= 0.3 is 0 Å². The number of piperazine rings is 1. The highest BCUT2D eigenvalue weighted by atomic mass is 35.5. The number of pyridine rings is 2. The predicted molar refractivity (Wildman–Crippen MR) is 116 cm³/mol. The van der Waals surface area contributed by atoms with Gasteiger partial charge in [0, 0.05) is 24.8 Å². The molecule has 10 heteroatoms. The highest BCUT2D eigenvalue weighted by Crippen LogP contribution is 2.35. The van der Waals surface area contributed by atoms with Crippen LogP contribution in [0.4, 0.5) is 21.8 Å². The van der Waals surface area contributed by atoms with E-state index in [1.807, 2.05) is 17.0 Å². The number of carbonyl (C=O) groups excluding carboxylic acids is 1. The molecule has 0 unspecified atom stereocenters. The Balaban J connectivity index is 1.47. The molecular formula is C21H19ClFN7O. The standard InChI is InChI=1S/C21H19ClFN7O/c1-3-17(31)30-9-12-6-13(30)8-29(12)16-5-4-15-19(27-16)21(26-10-25-15)28-20-18(23)11(2)14(22)7-24-20/h3-5,7,10,12-13H,1,6,8-9H2,2H3,(H,24,25,26,28)/t12-,13-/m0/s1. The third-order valence-electron chi connectivity index (χ3n) is 5.90. The Morgan fingerprint density at radius 1 is 1.26 bits per heavy atom. The molecule has 0 radical (unpaired) electrons. The summed E-state index contributed by atoms with van der Waals surface area (Å²) in [6, 6.07) is 4.11. The monoisotopic (exact) mass is 439 g/mol. The predicted octanol–water partition coefficient (Wildman–Crippen LogP) is 3.24. The quantitative estimate of drug-likeness (QED) is 0.624. The molecular weight excluding hydrogens is 421 g/mol. The number of hydrogen-bond acceptors (Lipinski definition) is 7. The van der Waals surface area contributed by atoms with Gasteiger partial charge in [0.1, 0.15) is 17.7 Å². The molecule has 158 valence electrons. The van der Waals surface area contributed by atoms with Crippen LogP contribution in [0.25, 0.3) is 11.0 Å². The molecule has 0 aromatic carbocycles. The van der Waals surface area contributed by atoms with Crippen LogP contribution in [0.2, 0.25) is 5.02 Å². The summed E-state index contributed by atoms with van der Waals surface area (Å²) in [5.41, 5.74) is 1.44. The van der Waals surface area contributed by atoms with E-state index in [0.29, 0.717) is 35.5 Å². The Kier molecular flexibility index (Phi) is 4.70. The van der Waals surface area contributed by atoms with Gasteiger partial charge in [0.15, 0.2) is 17.5 Å². The molecule has 2 aliphatic rings. The molecule has 0 saturated carbocycles. The topological polar surface area (TPSA) is 87.1 Å². The number of rotatable bonds is 4. The van der Waals surface area contributed by atoms with E-state index in [0.717, 1.165) is 12.2 Å². The molecule has 2 atom stereocenters. The lowest BCUT2D eigenvalue weighted by atomic mass is 10.2. The molecule has 1 N–H and O–H groups in total. The minimum absolute atomic E-state index is 0.0212. The summed E-state index contributed by atoms with van der Waals surface area (Å²) in [5, 5.41) is 3.18. The van der Waals surface area contributed by atoms with Gasteiger partial charge in [-0.1, -0.05) is 18.2 Å². The number of fused-ring (bicyclic) bond motifs is 3. The van der Waals surface area contributed by atoms with E-state index in [9.17, 15) is 9.18 Å². The molecule has 1 amide bonds. The van der Waals surface area contributed by atoms with Crippen LogP contribution in [0.1, 0.15) is 12.0 Å². The first-order chi connectivity index (χ1) is 15.0. The summed E-state index contributed by atoms with van der Waals surface area (Å²) in [5.74, 6) is 0.565. The molecule has 2 fully saturated rings. The van der Waals surface area contributed by atoms with Crippen molar-refractivity contribution in [3.05, 3.63) is 53.7 Å². The zero-order valence-electron chi connectivity index (χ0n) is 16.7. The highest BCUT2D eigenvalue weighted by Gasteiger charge is 2.45. The molecule has 2 bridgehead atoms. The summed E-state index contributed by atoms with van der Waals surface area (Å²) in [7, 11) is 0. The van der Waals surface area contributed by atoms with E-state index in [1.165, 1.54) is 18.6 Å². The van der Waals surface area contributed by atoms with Gasteiger partial charge in [-0.15, -0.1) is 0 Å². The SMILES string of the molecule is C=CC(=O)N1C[C@@H]2C[C@H]1CN2c1ccc2ncnc(Nc3ncc(Cl)c(C)c3F)c2n1. The van der Waals surface area contributed by atoms with E-state index in [1.54, 1.807) is 6.92 Å². The molecule has 3 aromatic heterocycles. The molecule has 3 aromatic rings. The summed E-state index contributed by atoms with van der Waals surface area (Å²) >= 11 is 5.94. The largest absolute Gasteiger partial charge is 0.350 e. The van der Waals surface area contributed by atoms with Crippen molar-refractivity contribution >= 4 is 46.0 Å². The molecule has 5 rings (SSSR count). The Labute approximate surface area is 182 Å². The molecule has 0 aliphatic carbocycles. The number of anilines is 3. The number of halogens is 2. The molecule has 2 saturated heterocycles. The van der Waals surface area contributed by atoms with Crippen molar-refractivity contribution < 1.29 is 9.18 Å². The summed E-state index contributed by atoms with van der Waals surface area (Å²) < 4.78 is 14.6. The normalized spacial score (nSPS) is 19.8. The van der Waals surface area contributed by atoms with Crippen LogP contribution in [0.3, 0.4) is 0 Å². The van der Waals surface area contributed by atoms with Gasteiger partial charge in [-0.3, -0.25) is 4.79 Å². The van der Waals surface area contributed by atoms with E-state index in [2.05, 4.69) is 31.7 Å². The molecule has 31 heavy (non-hydrogen) atoms. The van der Waals surface area contributed by atoms with Crippen molar-refractivity contribution in [2.45, 2.75) is 25.4 Å². The van der Waals surface area contributed by atoms with Crippen molar-refractivity contribution in [1.29, 1.82) is 0 Å². The second kappa shape index (κ2) is 7.42. The van der Waals surface area contributed by atoms with Crippen LogP contribution >= 0.6 is 11.6 Å². The lowest BCUT2D eigenvalue weighted by Gasteiger charge is -2.34. The van der Waals surface area contributed by atoms with Crippen molar-refractivity contribution in [1.82, 2.24) is 24.8 Å². The third-order valence-corrected chi connectivity index (χ3v) is 6.28. The third kappa shape index (κ3) is 3.25. The van der Waals surface area contributed by atoms with E-state index in [4.69, 9.17) is 16.6 Å². The zero-order valence-corrected chi connectivity index (χ0v) is 17.5. The lowest BCUT2D eigenvalue weighted by molar-refractivity contribution is -0.127. The van der Waals surface area contributed by atoms with Crippen molar-refractivity contribution in [2.75, 3.05) is 23.3 Å². The van der Waals surface area contributed by atoms with Gasteiger partial charge in [-0.25, -0.2) is 24.3 Å². The van der Waals surface area contributed by atoms with Crippen LogP contribution in [-0.4, -0.2) is 55.9 Å². The first kappa shape index (κ1) is 19.6. The van der Waals surface area contributed by atoms with Gasteiger partial charge in [-0.05, 0) is 31.6 Å². The highest BCUT2D eigenvalue weighted by molar-refractivity contribution is 6.31. The van der Waals surface area contributed by atoms with Crippen LogP contribution in [0.15, 0.2) is 37.3 Å². The average molecular weight is 440 g/mol. The van der Waals surface area contributed by atoms with Crippen LogP contribution < -0.4 is 10.2 Å². The minimum atomic E-state index is -0.542. The molecule has 0 spiro atoms. The fraction of sp³-hybridized carbons (Fsp3) is 0.286. The van der Waals surface area contributed by atoms with Gasteiger partial charge in [0.05, 0.1) is 22.6 Å². The first-order valence-corrected chi connectivity index (χ1v) is 10.2. The van der Waals surface area contributed by atoms with E-state index >= 15 is 0 Å². The van der Waals surface area contributed by atoms with Crippen molar-refractivity contribution in [3.8, 4) is 0 Å². The second-order valence-electron chi connectivity index (χ2n) is 7.67. The zero-order chi connectivity index (χ0) is 21.7. The first-order valence-electron chi connectivity index (χ1n) is 9.85. The van der Waals surface area contributed by atoms with E-state index in [-0.39, 0.29) is 28.8 Å². The number of nitrogens with one attached hydrogen (secondary N) is 1. The number of amides is 1. The Bertz CT molecular complexity index is 1220. The Morgan fingerprint density at radius 2 is 2.10 bits per heavy atom. The minimum Gasteiger partial charge on any atom is -0.350 e. The maximum absolute atomic E-state index is 14.6. The van der Waals surface area contributed by atoms with E-state index < -0.39 is 5.82 Å². The van der Waals surface area contributed by atoms with Gasteiger partial charge in [-0.2, -0.15) is 0 Å². The maximum atomic E-state index is 14.6. The van der Waals surface area contributed by atoms with Gasteiger partial charge in [0.25, 0.3) is 0 Å². The van der Waals surface area contributed by atoms with Crippen molar-refractivity contribution in [3.63, 3.8) is 0 Å². The lowest BCUT2D eigenvalue weighted by Crippen LogP contribution is -2.48. The second-order valence-corrected chi connectivity index (χ2v) is 8.08. The Morgan fingerprint density at radius 3 is 2.84 bits per heavy atom. The summed E-state index contributed by atoms with van der Waals surface area (Å²) in [6.07, 6.45) is 5.04. The van der Waals surface area contributed by atoms with Crippen LogP contribution in [0.5, 0.6) is 0 Å². The number of hydrogen-bond donors (Lipinski definition) is 1. The number of carbonyl (C=O) groups is 1. The molecule has 8 nitrogen and oxygen atoms in total. The Hall–Kier alpha value is -3.33. The molecule has 2 aliphatic heterocycles. The molecule has 5 heterocycles. The average Bonchev–Trinajstić information content (AvgIpc) is 3.40. The smallest absolute Gasteiger partial charge is 0.246 e.